The number of carbonyl (C=O) groups excluding carboxylic acids is 1. The number of hydrogen-bond acceptors (Lipinski definition) is 3. The van der Waals surface area contributed by atoms with Gasteiger partial charge < -0.3 is 21.6 Å². The molecule has 0 saturated heterocycles. The number of oxime groups is 1. The van der Waals surface area contributed by atoms with Crippen LogP contribution in [0.3, 0.4) is 0 Å². The third kappa shape index (κ3) is 6.41. The molecule has 0 bridgehead atoms. The lowest BCUT2D eigenvalue weighted by molar-refractivity contribution is -0.122. The van der Waals surface area contributed by atoms with Crippen molar-refractivity contribution in [2.75, 3.05) is 6.54 Å². The maximum Gasteiger partial charge on any atom is 0.405 e. The predicted molar refractivity (Wildman–Crippen MR) is 45.5 cm³/mol. The molecule has 0 aromatic heterocycles. The highest BCUT2D eigenvalue weighted by Crippen LogP contribution is 2.11. The molecule has 0 heterocycles. The summed E-state index contributed by atoms with van der Waals surface area (Å²) in [5.41, 5.74) is 5.08. The Morgan fingerprint density at radius 2 is 2.13 bits per heavy atom. The molecule has 0 spiro atoms. The maximum absolute atomic E-state index is 11.6. The van der Waals surface area contributed by atoms with Gasteiger partial charge in [-0.05, 0) is 6.92 Å². The summed E-state index contributed by atoms with van der Waals surface area (Å²) >= 11 is 0. The molecule has 1 atom stereocenters. The van der Waals surface area contributed by atoms with E-state index in [1.807, 2.05) is 5.32 Å². The molecule has 0 saturated carbocycles. The first-order valence-electron chi connectivity index (χ1n) is 3.85. The fourth-order valence-corrected chi connectivity index (χ4v) is 0.589. The van der Waals surface area contributed by atoms with Gasteiger partial charge in [0.25, 0.3) is 0 Å². The Morgan fingerprint density at radius 1 is 1.60 bits per heavy atom. The summed E-state index contributed by atoms with van der Waals surface area (Å²) in [6.45, 7) is -0.0933. The van der Waals surface area contributed by atoms with E-state index in [1.165, 1.54) is 6.92 Å². The monoisotopic (exact) mass is 228 g/mol. The van der Waals surface area contributed by atoms with Crippen molar-refractivity contribution in [3.05, 3.63) is 0 Å². The minimum Gasteiger partial charge on any atom is -0.409 e. The number of amidine groups is 1. The van der Waals surface area contributed by atoms with Gasteiger partial charge in [-0.25, -0.2) is 4.79 Å². The van der Waals surface area contributed by atoms with Gasteiger partial charge in [-0.3, -0.25) is 0 Å². The zero-order chi connectivity index (χ0) is 12.1. The number of rotatable bonds is 3. The number of hydrogen-bond donors (Lipinski definition) is 4. The van der Waals surface area contributed by atoms with Crippen LogP contribution in [0.25, 0.3) is 0 Å². The maximum atomic E-state index is 11.6. The number of amides is 2. The van der Waals surface area contributed by atoms with Gasteiger partial charge in [0.15, 0.2) is 5.84 Å². The van der Waals surface area contributed by atoms with E-state index >= 15 is 0 Å². The van der Waals surface area contributed by atoms with Gasteiger partial charge in [-0.15, -0.1) is 0 Å². The lowest BCUT2D eigenvalue weighted by Crippen LogP contribution is -2.48. The molecule has 1 unspecified atom stereocenters. The summed E-state index contributed by atoms with van der Waals surface area (Å²) < 4.78 is 34.9. The second-order valence-electron chi connectivity index (χ2n) is 2.69. The van der Waals surface area contributed by atoms with Crippen LogP contribution in [0.1, 0.15) is 6.92 Å². The Bertz CT molecular complexity index is 253. The first-order valence-corrected chi connectivity index (χ1v) is 3.85. The molecule has 15 heavy (non-hydrogen) atoms. The van der Waals surface area contributed by atoms with Crippen molar-refractivity contribution in [1.82, 2.24) is 10.6 Å². The summed E-state index contributed by atoms with van der Waals surface area (Å²) in [5.74, 6) is -0.308. The highest BCUT2D eigenvalue weighted by molar-refractivity contribution is 5.89. The van der Waals surface area contributed by atoms with E-state index in [4.69, 9.17) is 10.9 Å². The van der Waals surface area contributed by atoms with E-state index < -0.39 is 24.8 Å². The Labute approximate surface area is 83.3 Å². The van der Waals surface area contributed by atoms with E-state index in [1.54, 1.807) is 5.32 Å². The summed E-state index contributed by atoms with van der Waals surface area (Å²) in [7, 11) is 0. The normalized spacial score (nSPS) is 14.5. The average Bonchev–Trinajstić information content (AvgIpc) is 2.12. The van der Waals surface area contributed by atoms with Crippen LogP contribution in [-0.4, -0.2) is 35.8 Å². The second kappa shape index (κ2) is 5.27. The molecule has 0 fully saturated rings. The number of nitrogens with one attached hydrogen (secondary N) is 2. The van der Waals surface area contributed by atoms with Gasteiger partial charge in [0.1, 0.15) is 6.54 Å². The van der Waals surface area contributed by atoms with Crippen LogP contribution in [0.5, 0.6) is 0 Å². The van der Waals surface area contributed by atoms with Crippen molar-refractivity contribution in [2.24, 2.45) is 10.9 Å². The Balaban J connectivity index is 3.95. The molecule has 6 nitrogen and oxygen atoms in total. The van der Waals surface area contributed by atoms with Gasteiger partial charge in [0.2, 0.25) is 0 Å². The Kier molecular flexibility index (Phi) is 4.68. The number of urea groups is 1. The number of alkyl halides is 3. The van der Waals surface area contributed by atoms with Gasteiger partial charge in [0.05, 0.1) is 6.04 Å². The fourth-order valence-electron chi connectivity index (χ4n) is 0.589. The molecule has 0 radical (unpaired) electrons. The van der Waals surface area contributed by atoms with Crippen LogP contribution in [0.4, 0.5) is 18.0 Å². The predicted octanol–water partition coefficient (Wildman–Crippen LogP) is -0.0172. The molecule has 5 N–H and O–H groups in total. The Morgan fingerprint density at radius 3 is 2.53 bits per heavy atom. The molecule has 9 heteroatoms. The molecule has 0 aliphatic carbocycles. The van der Waals surface area contributed by atoms with Crippen molar-refractivity contribution in [1.29, 1.82) is 0 Å². The van der Waals surface area contributed by atoms with Crippen LogP contribution in [-0.2, 0) is 0 Å². The van der Waals surface area contributed by atoms with Gasteiger partial charge in [-0.1, -0.05) is 5.16 Å². The summed E-state index contributed by atoms with van der Waals surface area (Å²) in [6.07, 6.45) is -4.48. The second-order valence-corrected chi connectivity index (χ2v) is 2.69. The van der Waals surface area contributed by atoms with Gasteiger partial charge >= 0.3 is 12.2 Å². The van der Waals surface area contributed by atoms with Crippen molar-refractivity contribution < 1.29 is 23.2 Å². The minimum absolute atomic E-state index is 0.308. The molecule has 0 rings (SSSR count). The third-order valence-electron chi connectivity index (χ3n) is 1.36. The van der Waals surface area contributed by atoms with Crippen LogP contribution >= 0.6 is 0 Å². The van der Waals surface area contributed by atoms with E-state index in [0.29, 0.717) is 0 Å². The molecular formula is C6H11F3N4O2. The van der Waals surface area contributed by atoms with Crippen LogP contribution < -0.4 is 16.4 Å². The van der Waals surface area contributed by atoms with Crippen LogP contribution in [0.15, 0.2) is 5.16 Å². The fraction of sp³-hybridized carbons (Fsp3) is 0.667. The molecule has 0 aromatic carbocycles. The van der Waals surface area contributed by atoms with E-state index in [9.17, 15) is 18.0 Å². The third-order valence-corrected chi connectivity index (χ3v) is 1.36. The highest BCUT2D eigenvalue weighted by Gasteiger charge is 2.27. The number of halogens is 3. The van der Waals surface area contributed by atoms with E-state index in [-0.39, 0.29) is 5.84 Å². The van der Waals surface area contributed by atoms with Gasteiger partial charge in [0, 0.05) is 0 Å². The van der Waals surface area contributed by atoms with Crippen molar-refractivity contribution >= 4 is 11.9 Å². The lowest BCUT2D eigenvalue weighted by atomic mass is 10.3. The first-order chi connectivity index (χ1) is 6.76. The quantitative estimate of drug-likeness (QED) is 0.236. The highest BCUT2D eigenvalue weighted by atomic mass is 19.4. The lowest BCUT2D eigenvalue weighted by Gasteiger charge is -2.13. The zero-order valence-electron chi connectivity index (χ0n) is 7.80. The first kappa shape index (κ1) is 13.3. The van der Waals surface area contributed by atoms with Crippen molar-refractivity contribution in [3.8, 4) is 0 Å². The summed E-state index contributed by atoms with van der Waals surface area (Å²) in [4.78, 5) is 10.8. The van der Waals surface area contributed by atoms with E-state index in [0.717, 1.165) is 0 Å². The van der Waals surface area contributed by atoms with Crippen molar-refractivity contribution in [3.63, 3.8) is 0 Å². The van der Waals surface area contributed by atoms with Crippen molar-refractivity contribution in [2.45, 2.75) is 19.1 Å². The standard InChI is InChI=1S/C6H11F3N4O2/c1-3(4(10)13-15)12-5(14)11-2-6(7,8)9/h3,15H,2H2,1H3,(H2,10,13)(H2,11,12,14). The van der Waals surface area contributed by atoms with Gasteiger partial charge in [-0.2, -0.15) is 13.2 Å². The number of nitrogens with zero attached hydrogens (tertiary/aromatic N) is 1. The molecule has 0 aliphatic rings. The largest absolute Gasteiger partial charge is 0.409 e. The smallest absolute Gasteiger partial charge is 0.405 e. The molecule has 0 aliphatic heterocycles. The molecule has 88 valence electrons. The van der Waals surface area contributed by atoms with E-state index in [2.05, 4.69) is 5.16 Å². The number of nitrogens with two attached hydrogens (primary N) is 1. The topological polar surface area (TPSA) is 99.7 Å². The summed E-state index contributed by atoms with van der Waals surface area (Å²) in [5, 5.41) is 14.4. The Hall–Kier alpha value is -1.67. The molecular weight excluding hydrogens is 217 g/mol. The minimum atomic E-state index is -4.48. The summed E-state index contributed by atoms with van der Waals surface area (Å²) in [6, 6.07) is -1.91. The van der Waals surface area contributed by atoms with Crippen LogP contribution in [0.2, 0.25) is 0 Å². The SMILES string of the molecule is CC(NC(=O)NCC(F)(F)F)C(N)=NO. The average molecular weight is 228 g/mol. The van der Waals surface area contributed by atoms with Crippen LogP contribution in [0, 0.1) is 0 Å². The number of carbonyl (C=O) groups is 1. The molecule has 2 amide bonds. The molecule has 0 aromatic rings. The zero-order valence-corrected chi connectivity index (χ0v) is 7.80.